The number of aryl methyl sites for hydroxylation is 2. The SMILES string of the molecule is Cc1ccc(C(=O)Nc2cc(-c3cc(C)n(-c4ccc(Br)cc4)c3C)[nH]n2)cc1. The summed E-state index contributed by atoms with van der Waals surface area (Å²) >= 11 is 3.48. The molecule has 0 aliphatic carbocycles. The lowest BCUT2D eigenvalue weighted by Gasteiger charge is -2.09. The molecule has 29 heavy (non-hydrogen) atoms. The summed E-state index contributed by atoms with van der Waals surface area (Å²) in [5.74, 6) is 0.322. The first-order chi connectivity index (χ1) is 13.9. The van der Waals surface area contributed by atoms with Crippen molar-refractivity contribution in [3.05, 3.63) is 87.7 Å². The van der Waals surface area contributed by atoms with E-state index in [-0.39, 0.29) is 5.91 Å². The number of nitrogens with zero attached hydrogens (tertiary/aromatic N) is 2. The zero-order valence-electron chi connectivity index (χ0n) is 16.5. The first-order valence-electron chi connectivity index (χ1n) is 9.31. The van der Waals surface area contributed by atoms with Crippen LogP contribution in [0.5, 0.6) is 0 Å². The van der Waals surface area contributed by atoms with Crippen LogP contribution in [0.4, 0.5) is 5.82 Å². The van der Waals surface area contributed by atoms with Crippen LogP contribution in [-0.2, 0) is 0 Å². The number of amides is 1. The highest BCUT2D eigenvalue weighted by atomic mass is 79.9. The molecule has 6 heteroatoms. The van der Waals surface area contributed by atoms with Gasteiger partial charge in [-0.15, -0.1) is 0 Å². The number of benzene rings is 2. The lowest BCUT2D eigenvalue weighted by Crippen LogP contribution is -2.11. The summed E-state index contributed by atoms with van der Waals surface area (Å²) in [5, 5.41) is 10.2. The lowest BCUT2D eigenvalue weighted by molar-refractivity contribution is 0.102. The minimum atomic E-state index is -0.177. The van der Waals surface area contributed by atoms with E-state index in [4.69, 9.17) is 0 Å². The molecule has 2 heterocycles. The van der Waals surface area contributed by atoms with Gasteiger partial charge in [-0.2, -0.15) is 5.10 Å². The van der Waals surface area contributed by atoms with Gasteiger partial charge >= 0.3 is 0 Å². The van der Waals surface area contributed by atoms with E-state index in [0.717, 1.165) is 38.4 Å². The van der Waals surface area contributed by atoms with Crippen LogP contribution in [-0.4, -0.2) is 20.7 Å². The number of rotatable bonds is 4. The van der Waals surface area contributed by atoms with Gasteiger partial charge in [-0.1, -0.05) is 33.6 Å². The van der Waals surface area contributed by atoms with Crippen LogP contribution in [0.3, 0.4) is 0 Å². The maximum absolute atomic E-state index is 12.4. The van der Waals surface area contributed by atoms with Gasteiger partial charge in [0.25, 0.3) is 5.91 Å². The molecule has 0 bridgehead atoms. The Bertz CT molecular complexity index is 1170. The van der Waals surface area contributed by atoms with Crippen LogP contribution in [0.15, 0.2) is 65.1 Å². The second-order valence-corrected chi connectivity index (χ2v) is 8.00. The van der Waals surface area contributed by atoms with Gasteiger partial charge < -0.3 is 9.88 Å². The fourth-order valence-electron chi connectivity index (χ4n) is 3.44. The zero-order valence-corrected chi connectivity index (χ0v) is 18.0. The second kappa shape index (κ2) is 7.72. The Morgan fingerprint density at radius 3 is 2.38 bits per heavy atom. The molecule has 0 atom stereocenters. The molecule has 1 amide bonds. The Morgan fingerprint density at radius 2 is 1.69 bits per heavy atom. The van der Waals surface area contributed by atoms with Crippen molar-refractivity contribution < 1.29 is 4.79 Å². The second-order valence-electron chi connectivity index (χ2n) is 7.08. The maximum atomic E-state index is 12.4. The van der Waals surface area contributed by atoms with Crippen LogP contribution in [0, 0.1) is 20.8 Å². The Balaban J connectivity index is 1.60. The molecular formula is C23H21BrN4O. The normalized spacial score (nSPS) is 10.9. The quantitative estimate of drug-likeness (QED) is 0.413. The smallest absolute Gasteiger partial charge is 0.256 e. The molecule has 0 radical (unpaired) electrons. The minimum absolute atomic E-state index is 0.177. The fraction of sp³-hybridized carbons (Fsp3) is 0.130. The lowest BCUT2D eigenvalue weighted by atomic mass is 10.1. The number of H-pyrrole nitrogens is 1. The Morgan fingerprint density at radius 1 is 1.00 bits per heavy atom. The number of hydrogen-bond acceptors (Lipinski definition) is 2. The molecule has 0 saturated carbocycles. The van der Waals surface area contributed by atoms with Crippen LogP contribution >= 0.6 is 15.9 Å². The predicted molar refractivity (Wildman–Crippen MR) is 120 cm³/mol. The van der Waals surface area contributed by atoms with Gasteiger partial charge in [-0.05, 0) is 63.2 Å². The van der Waals surface area contributed by atoms with E-state index in [1.807, 2.05) is 49.4 Å². The summed E-state index contributed by atoms with van der Waals surface area (Å²) in [6.45, 7) is 6.15. The van der Waals surface area contributed by atoms with E-state index in [0.29, 0.717) is 11.4 Å². The van der Waals surface area contributed by atoms with E-state index < -0.39 is 0 Å². The molecule has 5 nitrogen and oxygen atoms in total. The van der Waals surface area contributed by atoms with Crippen LogP contribution in [0.25, 0.3) is 16.9 Å². The van der Waals surface area contributed by atoms with Gasteiger partial charge in [-0.25, -0.2) is 0 Å². The van der Waals surface area contributed by atoms with Crippen molar-refractivity contribution in [1.29, 1.82) is 0 Å². The molecule has 0 saturated heterocycles. The van der Waals surface area contributed by atoms with Crippen molar-refractivity contribution in [1.82, 2.24) is 14.8 Å². The third-order valence-electron chi connectivity index (χ3n) is 4.94. The molecule has 4 rings (SSSR count). The molecule has 2 N–H and O–H groups in total. The number of aromatic amines is 1. The Hall–Kier alpha value is -3.12. The number of nitrogens with one attached hydrogen (secondary N) is 2. The van der Waals surface area contributed by atoms with Crippen molar-refractivity contribution in [3.8, 4) is 16.9 Å². The average molecular weight is 449 g/mol. The number of carbonyl (C=O) groups is 1. The third kappa shape index (κ3) is 3.89. The standard InChI is InChI=1S/C23H21BrN4O/c1-14-4-6-17(7-5-14)23(29)25-22-13-21(26-27-22)20-12-15(2)28(16(20)3)19-10-8-18(24)9-11-19/h4-13H,1-3H3,(H2,25,26,27,29). The topological polar surface area (TPSA) is 62.7 Å². The van der Waals surface area contributed by atoms with Gasteiger partial charge in [0.2, 0.25) is 0 Å². The van der Waals surface area contributed by atoms with E-state index in [1.165, 1.54) is 0 Å². The summed E-state index contributed by atoms with van der Waals surface area (Å²) in [4.78, 5) is 12.4. The van der Waals surface area contributed by atoms with E-state index in [1.54, 1.807) is 0 Å². The van der Waals surface area contributed by atoms with Gasteiger partial charge in [0.15, 0.2) is 5.82 Å². The van der Waals surface area contributed by atoms with Crippen LogP contribution in [0.1, 0.15) is 27.3 Å². The van der Waals surface area contributed by atoms with Gasteiger partial charge in [0.05, 0.1) is 5.69 Å². The zero-order chi connectivity index (χ0) is 20.5. The van der Waals surface area contributed by atoms with Gasteiger partial charge in [0.1, 0.15) is 0 Å². The first-order valence-corrected chi connectivity index (χ1v) is 10.1. The summed E-state index contributed by atoms with van der Waals surface area (Å²) < 4.78 is 3.25. The molecule has 0 fully saturated rings. The highest BCUT2D eigenvalue weighted by Crippen LogP contribution is 2.30. The number of anilines is 1. The molecule has 4 aromatic rings. The van der Waals surface area contributed by atoms with Crippen LogP contribution in [0.2, 0.25) is 0 Å². The summed E-state index contributed by atoms with van der Waals surface area (Å²) in [6, 6.07) is 19.7. The monoisotopic (exact) mass is 448 g/mol. The van der Waals surface area contributed by atoms with Crippen LogP contribution < -0.4 is 5.32 Å². The number of aromatic nitrogens is 3. The Labute approximate surface area is 177 Å². The third-order valence-corrected chi connectivity index (χ3v) is 5.47. The first kappa shape index (κ1) is 19.2. The van der Waals surface area contributed by atoms with Crippen molar-refractivity contribution in [2.75, 3.05) is 5.32 Å². The van der Waals surface area contributed by atoms with Crippen molar-refractivity contribution in [2.24, 2.45) is 0 Å². The maximum Gasteiger partial charge on any atom is 0.256 e. The van der Waals surface area contributed by atoms with Gasteiger partial charge in [0, 0.05) is 38.7 Å². The number of halogens is 1. The highest BCUT2D eigenvalue weighted by molar-refractivity contribution is 9.10. The molecule has 0 aliphatic heterocycles. The molecule has 146 valence electrons. The van der Waals surface area contributed by atoms with E-state index in [9.17, 15) is 4.79 Å². The van der Waals surface area contributed by atoms with E-state index >= 15 is 0 Å². The number of carbonyl (C=O) groups excluding carboxylic acids is 1. The predicted octanol–water partition coefficient (Wildman–Crippen LogP) is 5.81. The molecule has 2 aromatic carbocycles. The highest BCUT2D eigenvalue weighted by Gasteiger charge is 2.15. The number of hydrogen-bond donors (Lipinski definition) is 2. The van der Waals surface area contributed by atoms with Crippen molar-refractivity contribution >= 4 is 27.7 Å². The average Bonchev–Trinajstić information content (AvgIpc) is 3.27. The summed E-state index contributed by atoms with van der Waals surface area (Å²) in [7, 11) is 0. The summed E-state index contributed by atoms with van der Waals surface area (Å²) in [6.07, 6.45) is 0. The van der Waals surface area contributed by atoms with Crippen molar-refractivity contribution in [3.63, 3.8) is 0 Å². The fourth-order valence-corrected chi connectivity index (χ4v) is 3.70. The molecule has 0 unspecified atom stereocenters. The molecular weight excluding hydrogens is 428 g/mol. The molecule has 0 spiro atoms. The largest absolute Gasteiger partial charge is 0.318 e. The van der Waals surface area contributed by atoms with Crippen molar-refractivity contribution in [2.45, 2.75) is 20.8 Å². The molecule has 2 aromatic heterocycles. The minimum Gasteiger partial charge on any atom is -0.318 e. The summed E-state index contributed by atoms with van der Waals surface area (Å²) in [5.41, 5.74) is 6.96. The Kier molecular flexibility index (Phi) is 5.11. The van der Waals surface area contributed by atoms with Gasteiger partial charge in [-0.3, -0.25) is 9.89 Å². The van der Waals surface area contributed by atoms with E-state index in [2.05, 4.69) is 68.1 Å². The molecule has 0 aliphatic rings.